The molecule has 2 heterocycles. The summed E-state index contributed by atoms with van der Waals surface area (Å²) in [5, 5.41) is 0.994. The first kappa shape index (κ1) is 19.1. The molecule has 1 saturated heterocycles. The molecular formula is C21H21ClN2O3. The molecule has 0 amide bonds. The summed E-state index contributed by atoms with van der Waals surface area (Å²) in [6, 6.07) is 15.1. The van der Waals surface area contributed by atoms with E-state index in [1.165, 1.54) is 0 Å². The van der Waals surface area contributed by atoms with Gasteiger partial charge in [-0.15, -0.1) is 12.4 Å². The fourth-order valence-electron chi connectivity index (χ4n) is 3.32. The fourth-order valence-corrected chi connectivity index (χ4v) is 3.32. The van der Waals surface area contributed by atoms with Crippen LogP contribution in [0.4, 0.5) is 5.69 Å². The largest absolute Gasteiger partial charge is 0.497 e. The normalized spacial score (nSPS) is 13.9. The molecule has 0 radical (unpaired) electrons. The van der Waals surface area contributed by atoms with Crippen LogP contribution in [0.1, 0.15) is 15.9 Å². The number of methoxy groups -OCH3 is 1. The van der Waals surface area contributed by atoms with Crippen LogP contribution in [0.15, 0.2) is 54.7 Å². The van der Waals surface area contributed by atoms with Crippen molar-refractivity contribution < 1.29 is 14.3 Å². The number of para-hydroxylation sites is 1. The van der Waals surface area contributed by atoms with Gasteiger partial charge in [-0.25, -0.2) is 0 Å². The minimum Gasteiger partial charge on any atom is -0.497 e. The van der Waals surface area contributed by atoms with Gasteiger partial charge in [0.15, 0.2) is 5.78 Å². The van der Waals surface area contributed by atoms with Gasteiger partial charge in [-0.05, 0) is 30.3 Å². The number of nitrogens with zero attached hydrogens (tertiary/aromatic N) is 2. The molecule has 140 valence electrons. The molecule has 2 aromatic carbocycles. The van der Waals surface area contributed by atoms with Crippen LogP contribution in [-0.2, 0) is 4.74 Å². The second-order valence-electron chi connectivity index (χ2n) is 6.19. The standard InChI is InChI=1S/C21H20N2O3.ClH/c1-25-16-8-6-15(7-9-16)21(24)18-14-22-19-5-3-2-4-17(19)20(18)23-10-12-26-13-11-23;/h2-9,14H,10-13H2,1H3;1H. The number of fused-ring (bicyclic) bond motifs is 1. The second-order valence-corrected chi connectivity index (χ2v) is 6.19. The molecule has 6 heteroatoms. The summed E-state index contributed by atoms with van der Waals surface area (Å²) in [5.41, 5.74) is 3.08. The van der Waals surface area contributed by atoms with Crippen LogP contribution in [0.3, 0.4) is 0 Å². The van der Waals surface area contributed by atoms with Gasteiger partial charge in [0.1, 0.15) is 5.75 Å². The number of carbonyl (C=O) groups excluding carboxylic acids is 1. The highest BCUT2D eigenvalue weighted by Crippen LogP contribution is 2.32. The van der Waals surface area contributed by atoms with Crippen LogP contribution in [0.25, 0.3) is 10.9 Å². The molecule has 0 saturated carbocycles. The predicted molar refractivity (Wildman–Crippen MR) is 108 cm³/mol. The quantitative estimate of drug-likeness (QED) is 0.641. The minimum absolute atomic E-state index is 0. The number of halogens is 1. The number of hydrogen-bond donors (Lipinski definition) is 0. The van der Waals surface area contributed by atoms with Gasteiger partial charge in [0.2, 0.25) is 0 Å². The number of rotatable bonds is 4. The van der Waals surface area contributed by atoms with Crippen molar-refractivity contribution in [3.8, 4) is 5.75 Å². The predicted octanol–water partition coefficient (Wildman–Crippen LogP) is 3.73. The third kappa shape index (κ3) is 3.75. The Kier molecular flexibility index (Phi) is 5.94. The number of carbonyl (C=O) groups is 1. The molecule has 0 spiro atoms. The Morgan fingerprint density at radius 3 is 2.48 bits per heavy atom. The van der Waals surface area contributed by atoms with E-state index in [0.29, 0.717) is 24.3 Å². The Labute approximate surface area is 164 Å². The van der Waals surface area contributed by atoms with Crippen molar-refractivity contribution in [3.05, 3.63) is 65.9 Å². The molecule has 0 N–H and O–H groups in total. The van der Waals surface area contributed by atoms with Gasteiger partial charge in [-0.1, -0.05) is 18.2 Å². The minimum atomic E-state index is -0.0348. The number of anilines is 1. The molecule has 1 aromatic heterocycles. The lowest BCUT2D eigenvalue weighted by molar-refractivity contribution is 0.103. The van der Waals surface area contributed by atoms with Crippen molar-refractivity contribution in [2.24, 2.45) is 0 Å². The van der Waals surface area contributed by atoms with E-state index in [0.717, 1.165) is 35.4 Å². The van der Waals surface area contributed by atoms with E-state index in [9.17, 15) is 4.79 Å². The Hall–Kier alpha value is -2.63. The second kappa shape index (κ2) is 8.37. The van der Waals surface area contributed by atoms with E-state index >= 15 is 0 Å². The lowest BCUT2D eigenvalue weighted by Crippen LogP contribution is -2.37. The Morgan fingerprint density at radius 2 is 1.78 bits per heavy atom. The van der Waals surface area contributed by atoms with E-state index in [2.05, 4.69) is 9.88 Å². The highest BCUT2D eigenvalue weighted by atomic mass is 35.5. The summed E-state index contributed by atoms with van der Waals surface area (Å²) in [5.74, 6) is 0.694. The number of pyridine rings is 1. The van der Waals surface area contributed by atoms with Gasteiger partial charge < -0.3 is 14.4 Å². The zero-order valence-electron chi connectivity index (χ0n) is 15.1. The van der Waals surface area contributed by atoms with Gasteiger partial charge in [-0.3, -0.25) is 9.78 Å². The summed E-state index contributed by atoms with van der Waals surface area (Å²) in [6.07, 6.45) is 1.69. The first-order valence-electron chi connectivity index (χ1n) is 8.67. The van der Waals surface area contributed by atoms with Gasteiger partial charge in [0.25, 0.3) is 0 Å². The molecule has 0 atom stereocenters. The summed E-state index contributed by atoms with van der Waals surface area (Å²) in [6.45, 7) is 2.84. The first-order valence-corrected chi connectivity index (χ1v) is 8.67. The number of benzene rings is 2. The maximum atomic E-state index is 13.2. The van der Waals surface area contributed by atoms with Gasteiger partial charge in [0, 0.05) is 30.2 Å². The van der Waals surface area contributed by atoms with Crippen LogP contribution in [-0.4, -0.2) is 44.2 Å². The van der Waals surface area contributed by atoms with Crippen molar-refractivity contribution in [3.63, 3.8) is 0 Å². The Balaban J connectivity index is 0.00000210. The van der Waals surface area contributed by atoms with Crippen molar-refractivity contribution in [2.45, 2.75) is 0 Å². The molecule has 4 rings (SSSR count). The number of morpholine rings is 1. The van der Waals surface area contributed by atoms with E-state index in [4.69, 9.17) is 9.47 Å². The number of hydrogen-bond acceptors (Lipinski definition) is 5. The van der Waals surface area contributed by atoms with E-state index in [1.54, 1.807) is 37.6 Å². The highest BCUT2D eigenvalue weighted by Gasteiger charge is 2.23. The SMILES string of the molecule is COc1ccc(C(=O)c2cnc3ccccc3c2N2CCOCC2)cc1.Cl. The van der Waals surface area contributed by atoms with Crippen molar-refractivity contribution in [1.29, 1.82) is 0 Å². The number of ketones is 1. The van der Waals surface area contributed by atoms with Crippen LogP contribution < -0.4 is 9.64 Å². The van der Waals surface area contributed by atoms with Crippen LogP contribution in [0.2, 0.25) is 0 Å². The highest BCUT2D eigenvalue weighted by molar-refractivity contribution is 6.16. The van der Waals surface area contributed by atoms with Gasteiger partial charge in [0.05, 0.1) is 37.1 Å². The Morgan fingerprint density at radius 1 is 1.07 bits per heavy atom. The summed E-state index contributed by atoms with van der Waals surface area (Å²) >= 11 is 0. The van der Waals surface area contributed by atoms with Crippen LogP contribution >= 0.6 is 12.4 Å². The molecule has 3 aromatic rings. The lowest BCUT2D eigenvalue weighted by atomic mass is 9.99. The molecule has 0 aliphatic carbocycles. The molecule has 1 aliphatic heterocycles. The molecule has 27 heavy (non-hydrogen) atoms. The molecule has 1 aliphatic rings. The third-order valence-corrected chi connectivity index (χ3v) is 4.67. The number of aromatic nitrogens is 1. The van der Waals surface area contributed by atoms with Crippen molar-refractivity contribution in [1.82, 2.24) is 4.98 Å². The molecule has 5 nitrogen and oxygen atoms in total. The summed E-state index contributed by atoms with van der Waals surface area (Å²) in [7, 11) is 1.61. The van der Waals surface area contributed by atoms with Crippen molar-refractivity contribution in [2.75, 3.05) is 38.3 Å². The van der Waals surface area contributed by atoms with Crippen LogP contribution in [0.5, 0.6) is 5.75 Å². The molecule has 1 fully saturated rings. The Bertz CT molecular complexity index is 938. The summed E-state index contributed by atoms with van der Waals surface area (Å²) in [4.78, 5) is 20.0. The third-order valence-electron chi connectivity index (χ3n) is 4.67. The van der Waals surface area contributed by atoms with Crippen molar-refractivity contribution >= 4 is 34.8 Å². The lowest BCUT2D eigenvalue weighted by Gasteiger charge is -2.31. The number of ether oxygens (including phenoxy) is 2. The van der Waals surface area contributed by atoms with E-state index < -0.39 is 0 Å². The smallest absolute Gasteiger partial charge is 0.196 e. The average molecular weight is 385 g/mol. The summed E-state index contributed by atoms with van der Waals surface area (Å²) < 4.78 is 10.7. The van der Waals surface area contributed by atoms with Gasteiger partial charge in [-0.2, -0.15) is 0 Å². The topological polar surface area (TPSA) is 51.7 Å². The fraction of sp³-hybridized carbons (Fsp3) is 0.238. The maximum absolute atomic E-state index is 13.2. The average Bonchev–Trinajstić information content (AvgIpc) is 2.73. The van der Waals surface area contributed by atoms with E-state index in [-0.39, 0.29) is 18.2 Å². The monoisotopic (exact) mass is 384 g/mol. The zero-order chi connectivity index (χ0) is 17.9. The first-order chi connectivity index (χ1) is 12.8. The molecular weight excluding hydrogens is 364 g/mol. The molecule has 0 bridgehead atoms. The van der Waals surface area contributed by atoms with Crippen LogP contribution in [0, 0.1) is 0 Å². The van der Waals surface area contributed by atoms with Gasteiger partial charge >= 0.3 is 0 Å². The van der Waals surface area contributed by atoms with E-state index in [1.807, 2.05) is 24.3 Å². The maximum Gasteiger partial charge on any atom is 0.196 e. The zero-order valence-corrected chi connectivity index (χ0v) is 15.9. The molecule has 0 unspecified atom stereocenters.